The van der Waals surface area contributed by atoms with E-state index >= 15 is 0 Å². The molecule has 2 N–H and O–H groups in total. The van der Waals surface area contributed by atoms with Gasteiger partial charge in [-0.15, -0.1) is 0 Å². The summed E-state index contributed by atoms with van der Waals surface area (Å²) in [6, 6.07) is 15.5. The lowest BCUT2D eigenvalue weighted by Crippen LogP contribution is -2.09. The van der Waals surface area contributed by atoms with Gasteiger partial charge in [0.1, 0.15) is 0 Å². The summed E-state index contributed by atoms with van der Waals surface area (Å²) in [5.74, 6) is 0.429. The van der Waals surface area contributed by atoms with Crippen LogP contribution >= 0.6 is 0 Å². The van der Waals surface area contributed by atoms with Gasteiger partial charge in [0.2, 0.25) is 0 Å². The first-order chi connectivity index (χ1) is 9.10. The van der Waals surface area contributed by atoms with Crippen LogP contribution in [0, 0.1) is 13.8 Å². The molecule has 0 bridgehead atoms. The third kappa shape index (κ3) is 3.45. The lowest BCUT2D eigenvalue weighted by Gasteiger charge is -2.12. The molecule has 2 aromatic carbocycles. The van der Waals surface area contributed by atoms with Crippen molar-refractivity contribution in [2.75, 3.05) is 6.54 Å². The van der Waals surface area contributed by atoms with Gasteiger partial charge in [-0.05, 0) is 55.0 Å². The van der Waals surface area contributed by atoms with Crippen molar-refractivity contribution in [2.45, 2.75) is 33.1 Å². The number of aryl methyl sites for hydroxylation is 2. The minimum atomic E-state index is 0.429. The monoisotopic (exact) mass is 253 g/mol. The number of rotatable bonds is 4. The fraction of sp³-hybridized carbons (Fsp3) is 0.333. The molecule has 0 aliphatic heterocycles. The average Bonchev–Trinajstić information content (AvgIpc) is 2.42. The van der Waals surface area contributed by atoms with E-state index < -0.39 is 0 Å². The Morgan fingerprint density at radius 2 is 1.84 bits per heavy atom. The van der Waals surface area contributed by atoms with Gasteiger partial charge in [0.05, 0.1) is 0 Å². The summed E-state index contributed by atoms with van der Waals surface area (Å²) >= 11 is 0. The molecule has 0 aliphatic rings. The van der Waals surface area contributed by atoms with E-state index in [0.29, 0.717) is 12.5 Å². The van der Waals surface area contributed by atoms with E-state index in [1.807, 2.05) is 0 Å². The van der Waals surface area contributed by atoms with Crippen LogP contribution in [0.15, 0.2) is 42.5 Å². The van der Waals surface area contributed by atoms with Gasteiger partial charge >= 0.3 is 0 Å². The summed E-state index contributed by atoms with van der Waals surface area (Å²) in [6.07, 6.45) is 0.999. The van der Waals surface area contributed by atoms with Crippen molar-refractivity contribution < 1.29 is 0 Å². The Hall–Kier alpha value is -1.60. The van der Waals surface area contributed by atoms with E-state index in [2.05, 4.69) is 63.2 Å². The summed E-state index contributed by atoms with van der Waals surface area (Å²) in [7, 11) is 0. The molecule has 0 amide bonds. The number of benzene rings is 2. The molecule has 0 fully saturated rings. The van der Waals surface area contributed by atoms with Gasteiger partial charge in [-0.3, -0.25) is 0 Å². The van der Waals surface area contributed by atoms with E-state index in [0.717, 1.165) is 6.42 Å². The van der Waals surface area contributed by atoms with Crippen molar-refractivity contribution in [1.82, 2.24) is 0 Å². The van der Waals surface area contributed by atoms with E-state index in [-0.39, 0.29) is 0 Å². The standard InChI is InChI=1S/C18H23N/c1-13-7-8-14(2)18(9-13)11-16-5-4-6-17(10-16)15(3)12-19/h4-10,15H,11-12,19H2,1-3H3. The average molecular weight is 253 g/mol. The molecule has 0 spiro atoms. The van der Waals surface area contributed by atoms with Gasteiger partial charge in [-0.25, -0.2) is 0 Å². The Kier molecular flexibility index (Phi) is 4.39. The van der Waals surface area contributed by atoms with Crippen molar-refractivity contribution in [1.29, 1.82) is 0 Å². The molecule has 1 atom stereocenters. The highest BCUT2D eigenvalue weighted by Crippen LogP contribution is 2.19. The molecule has 0 aromatic heterocycles. The molecule has 1 unspecified atom stereocenters. The third-order valence-electron chi connectivity index (χ3n) is 3.77. The Morgan fingerprint density at radius 1 is 1.05 bits per heavy atom. The van der Waals surface area contributed by atoms with Crippen molar-refractivity contribution in [3.05, 3.63) is 70.3 Å². The minimum Gasteiger partial charge on any atom is -0.330 e. The number of hydrogen-bond acceptors (Lipinski definition) is 1. The summed E-state index contributed by atoms with van der Waals surface area (Å²) in [5, 5.41) is 0. The Labute approximate surface area is 116 Å². The van der Waals surface area contributed by atoms with Crippen molar-refractivity contribution in [2.24, 2.45) is 5.73 Å². The predicted octanol–water partition coefficient (Wildman–Crippen LogP) is 3.96. The Bertz CT molecular complexity index is 557. The minimum absolute atomic E-state index is 0.429. The topological polar surface area (TPSA) is 26.0 Å². The molecule has 0 radical (unpaired) electrons. The van der Waals surface area contributed by atoms with Crippen molar-refractivity contribution in [3.8, 4) is 0 Å². The van der Waals surface area contributed by atoms with Crippen LogP contribution in [-0.2, 0) is 6.42 Å². The van der Waals surface area contributed by atoms with Crippen LogP contribution in [0.3, 0.4) is 0 Å². The zero-order chi connectivity index (χ0) is 13.8. The van der Waals surface area contributed by atoms with Crippen LogP contribution < -0.4 is 5.73 Å². The molecule has 19 heavy (non-hydrogen) atoms. The van der Waals surface area contributed by atoms with E-state index in [1.54, 1.807) is 0 Å². The summed E-state index contributed by atoms with van der Waals surface area (Å²) < 4.78 is 0. The smallest absolute Gasteiger partial charge is 0.00109 e. The molecule has 1 nitrogen and oxygen atoms in total. The van der Waals surface area contributed by atoms with Crippen molar-refractivity contribution >= 4 is 0 Å². The van der Waals surface area contributed by atoms with E-state index in [9.17, 15) is 0 Å². The first-order valence-electron chi connectivity index (χ1n) is 6.95. The summed E-state index contributed by atoms with van der Waals surface area (Å²) in [5.41, 5.74) is 12.6. The van der Waals surface area contributed by atoms with Gasteiger partial charge in [0.25, 0.3) is 0 Å². The van der Waals surface area contributed by atoms with Crippen LogP contribution in [0.2, 0.25) is 0 Å². The Balaban J connectivity index is 2.26. The molecular weight excluding hydrogens is 230 g/mol. The molecule has 0 heterocycles. The second-order valence-corrected chi connectivity index (χ2v) is 5.49. The van der Waals surface area contributed by atoms with Gasteiger partial charge in [0.15, 0.2) is 0 Å². The second kappa shape index (κ2) is 6.03. The number of nitrogens with two attached hydrogens (primary N) is 1. The van der Waals surface area contributed by atoms with E-state index in [4.69, 9.17) is 5.73 Å². The molecule has 100 valence electrons. The van der Waals surface area contributed by atoms with Gasteiger partial charge in [-0.1, -0.05) is 55.0 Å². The highest BCUT2D eigenvalue weighted by molar-refractivity contribution is 5.36. The fourth-order valence-corrected chi connectivity index (χ4v) is 2.36. The lowest BCUT2D eigenvalue weighted by atomic mass is 9.94. The van der Waals surface area contributed by atoms with Crippen LogP contribution in [0.4, 0.5) is 0 Å². The maximum absolute atomic E-state index is 5.75. The SMILES string of the molecule is Cc1ccc(C)c(Cc2cccc(C(C)CN)c2)c1. The first-order valence-corrected chi connectivity index (χ1v) is 6.95. The largest absolute Gasteiger partial charge is 0.330 e. The van der Waals surface area contributed by atoms with Gasteiger partial charge < -0.3 is 5.73 Å². The van der Waals surface area contributed by atoms with Crippen molar-refractivity contribution in [3.63, 3.8) is 0 Å². The molecule has 2 rings (SSSR count). The molecular formula is C18H23N. The normalized spacial score (nSPS) is 12.4. The quantitative estimate of drug-likeness (QED) is 0.877. The molecule has 0 saturated heterocycles. The van der Waals surface area contributed by atoms with E-state index in [1.165, 1.54) is 27.8 Å². The fourth-order valence-electron chi connectivity index (χ4n) is 2.36. The Morgan fingerprint density at radius 3 is 2.58 bits per heavy atom. The molecule has 1 heteroatoms. The summed E-state index contributed by atoms with van der Waals surface area (Å²) in [6.45, 7) is 7.21. The molecule has 0 saturated carbocycles. The maximum Gasteiger partial charge on any atom is -0.00109 e. The molecule has 0 aliphatic carbocycles. The zero-order valence-corrected chi connectivity index (χ0v) is 12.1. The molecule has 2 aromatic rings. The predicted molar refractivity (Wildman–Crippen MR) is 82.6 cm³/mol. The maximum atomic E-state index is 5.75. The first kappa shape index (κ1) is 13.8. The zero-order valence-electron chi connectivity index (χ0n) is 12.1. The summed E-state index contributed by atoms with van der Waals surface area (Å²) in [4.78, 5) is 0. The third-order valence-corrected chi connectivity index (χ3v) is 3.77. The van der Waals surface area contributed by atoms with Gasteiger partial charge in [0, 0.05) is 0 Å². The number of hydrogen-bond donors (Lipinski definition) is 1. The van der Waals surface area contributed by atoms with Gasteiger partial charge in [-0.2, -0.15) is 0 Å². The van der Waals surface area contributed by atoms with Crippen LogP contribution in [-0.4, -0.2) is 6.54 Å². The highest BCUT2D eigenvalue weighted by atomic mass is 14.5. The van der Waals surface area contributed by atoms with Crippen LogP contribution in [0.5, 0.6) is 0 Å². The van der Waals surface area contributed by atoms with Crippen LogP contribution in [0.1, 0.15) is 40.7 Å². The lowest BCUT2D eigenvalue weighted by molar-refractivity contribution is 0.772. The van der Waals surface area contributed by atoms with Crippen LogP contribution in [0.25, 0.3) is 0 Å². The second-order valence-electron chi connectivity index (χ2n) is 5.49. The highest BCUT2D eigenvalue weighted by Gasteiger charge is 2.05.